The Bertz CT molecular complexity index is 560. The lowest BCUT2D eigenvalue weighted by atomic mass is 9.75. The van der Waals surface area contributed by atoms with Crippen LogP contribution in [0.25, 0.3) is 0 Å². The predicted molar refractivity (Wildman–Crippen MR) is 124 cm³/mol. The van der Waals surface area contributed by atoms with E-state index in [9.17, 15) is 0 Å². The molecule has 7 heteroatoms. The van der Waals surface area contributed by atoms with Crippen molar-refractivity contribution in [3.8, 4) is 0 Å². The van der Waals surface area contributed by atoms with Crippen LogP contribution in [-0.4, -0.2) is 55.6 Å². The minimum atomic E-state index is 0. The van der Waals surface area contributed by atoms with Crippen LogP contribution >= 0.6 is 35.3 Å². The molecule has 1 aromatic heterocycles. The average Bonchev–Trinajstić information content (AvgIpc) is 3.05. The Morgan fingerprint density at radius 1 is 1.42 bits per heavy atom. The van der Waals surface area contributed by atoms with E-state index in [1.54, 1.807) is 0 Å². The summed E-state index contributed by atoms with van der Waals surface area (Å²) in [5.41, 5.74) is 0.237. The first-order chi connectivity index (χ1) is 12.0. The highest BCUT2D eigenvalue weighted by Gasteiger charge is 2.36. The van der Waals surface area contributed by atoms with Crippen molar-refractivity contribution >= 4 is 41.3 Å². The third-order valence-electron chi connectivity index (χ3n) is 5.41. The number of likely N-dealkylation sites (N-methyl/N-ethyl adjacent to an activating group) is 1. The van der Waals surface area contributed by atoms with Crippen LogP contribution in [0.15, 0.2) is 11.2 Å². The lowest BCUT2D eigenvalue weighted by Gasteiger charge is -2.45. The van der Waals surface area contributed by atoms with E-state index in [2.05, 4.69) is 53.5 Å². The second kappa shape index (κ2) is 11.4. The van der Waals surface area contributed by atoms with E-state index in [-0.39, 0.29) is 29.5 Å². The standard InChI is InChI=1S/C19H35N5S.HI/c1-6-16-13-22-17(25-16)9-11-21-18(20-3)23-14-19(24(4)5)10-7-8-15(2)12-19;/h13,15H,6-12,14H2,1-5H3,(H2,20,21,23);1H. The Hall–Kier alpha value is -0.410. The molecule has 1 fully saturated rings. The van der Waals surface area contributed by atoms with E-state index in [0.29, 0.717) is 0 Å². The Labute approximate surface area is 180 Å². The normalized spacial score (nSPS) is 23.6. The van der Waals surface area contributed by atoms with Gasteiger partial charge in [-0.1, -0.05) is 26.7 Å². The van der Waals surface area contributed by atoms with Gasteiger partial charge in [0.2, 0.25) is 0 Å². The van der Waals surface area contributed by atoms with E-state index >= 15 is 0 Å². The number of halogens is 1. The number of aliphatic imine (C=N–C) groups is 1. The van der Waals surface area contributed by atoms with Crippen LogP contribution in [0.4, 0.5) is 0 Å². The van der Waals surface area contributed by atoms with Crippen molar-refractivity contribution in [1.82, 2.24) is 20.5 Å². The van der Waals surface area contributed by atoms with Crippen molar-refractivity contribution in [2.24, 2.45) is 10.9 Å². The van der Waals surface area contributed by atoms with Gasteiger partial charge in [0.15, 0.2) is 5.96 Å². The molecule has 0 amide bonds. The number of guanidine groups is 1. The number of nitrogens with zero attached hydrogens (tertiary/aromatic N) is 3. The Balaban J connectivity index is 0.00000338. The van der Waals surface area contributed by atoms with Gasteiger partial charge in [0, 0.05) is 43.2 Å². The van der Waals surface area contributed by atoms with Crippen LogP contribution in [0.2, 0.25) is 0 Å². The maximum absolute atomic E-state index is 4.48. The lowest BCUT2D eigenvalue weighted by Crippen LogP contribution is -2.56. The van der Waals surface area contributed by atoms with Crippen molar-refractivity contribution in [1.29, 1.82) is 0 Å². The van der Waals surface area contributed by atoms with Crippen LogP contribution in [0.5, 0.6) is 0 Å². The fourth-order valence-electron chi connectivity index (χ4n) is 3.74. The maximum Gasteiger partial charge on any atom is 0.191 e. The molecule has 0 spiro atoms. The number of nitrogens with one attached hydrogen (secondary N) is 2. The van der Waals surface area contributed by atoms with Crippen LogP contribution in [0, 0.1) is 5.92 Å². The van der Waals surface area contributed by atoms with Crippen molar-refractivity contribution in [3.05, 3.63) is 16.1 Å². The fourth-order valence-corrected chi connectivity index (χ4v) is 4.60. The van der Waals surface area contributed by atoms with Gasteiger partial charge in [0.05, 0.1) is 5.01 Å². The van der Waals surface area contributed by atoms with Crippen molar-refractivity contribution in [2.45, 2.75) is 57.9 Å². The number of hydrogen-bond acceptors (Lipinski definition) is 4. The lowest BCUT2D eigenvalue weighted by molar-refractivity contribution is 0.0796. The van der Waals surface area contributed by atoms with Crippen LogP contribution in [-0.2, 0) is 12.8 Å². The summed E-state index contributed by atoms with van der Waals surface area (Å²) in [5, 5.41) is 8.20. The van der Waals surface area contributed by atoms with Gasteiger partial charge >= 0.3 is 0 Å². The Kier molecular flexibility index (Phi) is 10.4. The van der Waals surface area contributed by atoms with Gasteiger partial charge in [-0.2, -0.15) is 0 Å². The Morgan fingerprint density at radius 3 is 2.77 bits per heavy atom. The summed E-state index contributed by atoms with van der Waals surface area (Å²) >= 11 is 1.81. The molecule has 2 atom stereocenters. The minimum absolute atomic E-state index is 0. The van der Waals surface area contributed by atoms with E-state index in [4.69, 9.17) is 0 Å². The third-order valence-corrected chi connectivity index (χ3v) is 6.61. The molecule has 0 saturated heterocycles. The fraction of sp³-hybridized carbons (Fsp3) is 0.789. The molecule has 5 nitrogen and oxygen atoms in total. The minimum Gasteiger partial charge on any atom is -0.356 e. The number of aromatic nitrogens is 1. The third kappa shape index (κ3) is 6.64. The molecule has 2 N–H and O–H groups in total. The number of hydrogen-bond donors (Lipinski definition) is 2. The molecule has 26 heavy (non-hydrogen) atoms. The van der Waals surface area contributed by atoms with Gasteiger partial charge in [-0.25, -0.2) is 4.98 Å². The number of aryl methyl sites for hydroxylation is 1. The summed E-state index contributed by atoms with van der Waals surface area (Å²) in [6.45, 7) is 6.36. The first kappa shape index (κ1) is 23.6. The molecule has 0 aromatic carbocycles. The molecule has 1 aromatic rings. The smallest absolute Gasteiger partial charge is 0.191 e. The summed E-state index contributed by atoms with van der Waals surface area (Å²) in [4.78, 5) is 12.6. The molecular formula is C19H36IN5S. The first-order valence-corrected chi connectivity index (χ1v) is 10.4. The molecular weight excluding hydrogens is 457 g/mol. The highest BCUT2D eigenvalue weighted by Crippen LogP contribution is 2.35. The zero-order valence-corrected chi connectivity index (χ0v) is 20.1. The van der Waals surface area contributed by atoms with Crippen LogP contribution in [0.1, 0.15) is 49.4 Å². The molecule has 1 aliphatic carbocycles. The van der Waals surface area contributed by atoms with Crippen molar-refractivity contribution < 1.29 is 0 Å². The van der Waals surface area contributed by atoms with Crippen molar-refractivity contribution in [3.63, 3.8) is 0 Å². The Morgan fingerprint density at radius 2 is 2.19 bits per heavy atom. The highest BCUT2D eigenvalue weighted by atomic mass is 127. The van der Waals surface area contributed by atoms with Gasteiger partial charge in [-0.05, 0) is 39.3 Å². The monoisotopic (exact) mass is 493 g/mol. The molecule has 2 rings (SSSR count). The average molecular weight is 494 g/mol. The van der Waals surface area contributed by atoms with E-state index in [1.165, 1.54) is 35.6 Å². The van der Waals surface area contributed by atoms with Crippen LogP contribution in [0.3, 0.4) is 0 Å². The first-order valence-electron chi connectivity index (χ1n) is 9.54. The topological polar surface area (TPSA) is 52.6 Å². The SMILES string of the molecule is CCc1cnc(CCNC(=NC)NCC2(N(C)C)CCCC(C)C2)s1.I. The van der Waals surface area contributed by atoms with Gasteiger partial charge in [0.25, 0.3) is 0 Å². The molecule has 150 valence electrons. The van der Waals surface area contributed by atoms with E-state index in [1.807, 2.05) is 24.6 Å². The zero-order chi connectivity index (χ0) is 18.3. The molecule has 1 aliphatic rings. The maximum atomic E-state index is 4.48. The molecule has 0 aliphatic heterocycles. The predicted octanol–water partition coefficient (Wildman–Crippen LogP) is 3.54. The van der Waals surface area contributed by atoms with E-state index in [0.717, 1.165) is 37.8 Å². The molecule has 2 unspecified atom stereocenters. The van der Waals surface area contributed by atoms with Gasteiger partial charge in [-0.15, -0.1) is 35.3 Å². The molecule has 1 saturated carbocycles. The van der Waals surface area contributed by atoms with Crippen LogP contribution < -0.4 is 10.6 Å². The second-order valence-corrected chi connectivity index (χ2v) is 8.70. The summed E-state index contributed by atoms with van der Waals surface area (Å²) in [7, 11) is 6.27. The zero-order valence-electron chi connectivity index (χ0n) is 17.0. The summed E-state index contributed by atoms with van der Waals surface area (Å²) in [6, 6.07) is 0. The van der Waals surface area contributed by atoms with Gasteiger partial charge < -0.3 is 15.5 Å². The molecule has 0 radical (unpaired) electrons. The number of rotatable bonds is 7. The summed E-state index contributed by atoms with van der Waals surface area (Å²) in [5.74, 6) is 1.69. The largest absolute Gasteiger partial charge is 0.356 e. The number of thiazole rings is 1. The summed E-state index contributed by atoms with van der Waals surface area (Å²) in [6.07, 6.45) is 9.20. The second-order valence-electron chi connectivity index (χ2n) is 7.50. The van der Waals surface area contributed by atoms with Gasteiger partial charge in [-0.3, -0.25) is 4.99 Å². The summed E-state index contributed by atoms with van der Waals surface area (Å²) < 4.78 is 0. The van der Waals surface area contributed by atoms with Gasteiger partial charge in [0.1, 0.15) is 0 Å². The molecule has 1 heterocycles. The van der Waals surface area contributed by atoms with Crippen molar-refractivity contribution in [2.75, 3.05) is 34.2 Å². The van der Waals surface area contributed by atoms with E-state index < -0.39 is 0 Å². The molecule has 0 bridgehead atoms. The quantitative estimate of drug-likeness (QED) is 0.347. The highest BCUT2D eigenvalue weighted by molar-refractivity contribution is 14.0.